The molecular formula is C46H32N2. The number of hydrogen-bond donors (Lipinski definition) is 0. The van der Waals surface area contributed by atoms with Crippen molar-refractivity contribution in [3.8, 4) is 27.9 Å². The van der Waals surface area contributed by atoms with E-state index >= 15 is 0 Å². The lowest BCUT2D eigenvalue weighted by Gasteiger charge is -2.27. The van der Waals surface area contributed by atoms with E-state index in [2.05, 4.69) is 204 Å². The first kappa shape index (κ1) is 27.9. The van der Waals surface area contributed by atoms with Crippen molar-refractivity contribution in [3.05, 3.63) is 194 Å². The van der Waals surface area contributed by atoms with E-state index < -0.39 is 0 Å². The molecule has 0 saturated heterocycles. The van der Waals surface area contributed by atoms with Crippen molar-refractivity contribution in [3.63, 3.8) is 0 Å². The van der Waals surface area contributed by atoms with Gasteiger partial charge in [0.1, 0.15) is 0 Å². The zero-order valence-corrected chi connectivity index (χ0v) is 26.4. The molecule has 0 aliphatic carbocycles. The third-order valence-electron chi connectivity index (χ3n) is 9.39. The average Bonchev–Trinajstić information content (AvgIpc) is 3.50. The zero-order chi connectivity index (χ0) is 31.9. The van der Waals surface area contributed by atoms with Crippen LogP contribution in [0.3, 0.4) is 0 Å². The van der Waals surface area contributed by atoms with Gasteiger partial charge in [0.2, 0.25) is 0 Å². The minimum Gasteiger partial charge on any atom is -0.310 e. The number of nitrogens with zero attached hydrogens (tertiary/aromatic N) is 2. The summed E-state index contributed by atoms with van der Waals surface area (Å²) in [7, 11) is 0. The second-order valence-corrected chi connectivity index (χ2v) is 12.2. The molecule has 0 bridgehead atoms. The van der Waals surface area contributed by atoms with Gasteiger partial charge in [-0.3, -0.25) is 0 Å². The van der Waals surface area contributed by atoms with Crippen molar-refractivity contribution in [2.75, 3.05) is 4.90 Å². The van der Waals surface area contributed by atoms with Crippen molar-refractivity contribution in [1.29, 1.82) is 0 Å². The van der Waals surface area contributed by atoms with Crippen molar-refractivity contribution in [2.24, 2.45) is 0 Å². The molecule has 48 heavy (non-hydrogen) atoms. The number of aromatic nitrogens is 1. The lowest BCUT2D eigenvalue weighted by molar-refractivity contribution is 1.18. The third kappa shape index (κ3) is 4.83. The van der Waals surface area contributed by atoms with Crippen LogP contribution in [0.4, 0.5) is 17.1 Å². The summed E-state index contributed by atoms with van der Waals surface area (Å²) in [5.41, 5.74) is 11.9. The Balaban J connectivity index is 1.05. The molecule has 1 heterocycles. The Morgan fingerprint density at radius 2 is 0.854 bits per heavy atom. The van der Waals surface area contributed by atoms with Gasteiger partial charge in [0.15, 0.2) is 0 Å². The van der Waals surface area contributed by atoms with Crippen LogP contribution in [-0.2, 0) is 0 Å². The molecule has 0 fully saturated rings. The van der Waals surface area contributed by atoms with Gasteiger partial charge in [0.25, 0.3) is 0 Å². The fourth-order valence-electron chi connectivity index (χ4n) is 7.07. The van der Waals surface area contributed by atoms with Crippen LogP contribution in [0.25, 0.3) is 60.5 Å². The summed E-state index contributed by atoms with van der Waals surface area (Å²) >= 11 is 0. The quantitative estimate of drug-likeness (QED) is 0.181. The van der Waals surface area contributed by atoms with E-state index in [-0.39, 0.29) is 0 Å². The maximum Gasteiger partial charge on any atom is 0.0541 e. The molecule has 2 nitrogen and oxygen atoms in total. The Morgan fingerprint density at radius 1 is 0.333 bits per heavy atom. The van der Waals surface area contributed by atoms with Crippen molar-refractivity contribution < 1.29 is 0 Å². The standard InChI is InChI=1S/C46H32N2/c1-3-14-38(15-4-1)47(44-21-11-13-36-12-7-8-18-41(36)44)40-29-26-34(27-30-40)33-22-24-35(25-23-33)37-28-31-46-43(32-37)42-19-9-10-20-45(42)48(46)39-16-5-2-6-17-39/h1-32H. The molecule has 0 atom stereocenters. The molecule has 226 valence electrons. The first-order valence-corrected chi connectivity index (χ1v) is 16.4. The number of benzene rings is 8. The van der Waals surface area contributed by atoms with Crippen LogP contribution in [0.2, 0.25) is 0 Å². The minimum atomic E-state index is 1.13. The number of fused-ring (bicyclic) bond motifs is 4. The normalized spacial score (nSPS) is 11.3. The lowest BCUT2D eigenvalue weighted by atomic mass is 9.98. The summed E-state index contributed by atoms with van der Waals surface area (Å²) in [6.45, 7) is 0. The molecule has 0 aliphatic heterocycles. The van der Waals surface area contributed by atoms with Crippen molar-refractivity contribution in [2.45, 2.75) is 0 Å². The predicted molar refractivity (Wildman–Crippen MR) is 204 cm³/mol. The van der Waals surface area contributed by atoms with Crippen LogP contribution in [0.1, 0.15) is 0 Å². The van der Waals surface area contributed by atoms with E-state index in [1.165, 1.54) is 66.2 Å². The molecule has 0 radical (unpaired) electrons. The Labute approximate surface area is 280 Å². The molecule has 0 N–H and O–H groups in total. The van der Waals surface area contributed by atoms with Gasteiger partial charge in [-0.05, 0) is 88.3 Å². The highest BCUT2D eigenvalue weighted by Gasteiger charge is 2.16. The highest BCUT2D eigenvalue weighted by atomic mass is 15.1. The smallest absolute Gasteiger partial charge is 0.0541 e. The van der Waals surface area contributed by atoms with E-state index in [0.717, 1.165) is 11.4 Å². The zero-order valence-electron chi connectivity index (χ0n) is 26.4. The summed E-state index contributed by atoms with van der Waals surface area (Å²) < 4.78 is 2.36. The van der Waals surface area contributed by atoms with E-state index in [4.69, 9.17) is 0 Å². The number of hydrogen-bond acceptors (Lipinski definition) is 1. The molecule has 8 aromatic carbocycles. The summed E-state index contributed by atoms with van der Waals surface area (Å²) in [4.78, 5) is 2.35. The highest BCUT2D eigenvalue weighted by Crippen LogP contribution is 2.40. The topological polar surface area (TPSA) is 8.17 Å². The van der Waals surface area contributed by atoms with Crippen molar-refractivity contribution in [1.82, 2.24) is 4.57 Å². The fourth-order valence-corrected chi connectivity index (χ4v) is 7.07. The lowest BCUT2D eigenvalue weighted by Crippen LogP contribution is -2.10. The van der Waals surface area contributed by atoms with Gasteiger partial charge in [-0.25, -0.2) is 0 Å². The Bertz CT molecular complexity index is 2520. The minimum absolute atomic E-state index is 1.13. The summed E-state index contributed by atoms with van der Waals surface area (Å²) in [6.07, 6.45) is 0. The van der Waals surface area contributed by atoms with Gasteiger partial charge in [0, 0.05) is 33.2 Å². The van der Waals surface area contributed by atoms with E-state index in [1.807, 2.05) is 0 Å². The molecule has 0 spiro atoms. The maximum absolute atomic E-state index is 2.36. The van der Waals surface area contributed by atoms with Gasteiger partial charge in [-0.1, -0.05) is 133 Å². The molecule has 9 aromatic rings. The summed E-state index contributed by atoms with van der Waals surface area (Å²) in [6, 6.07) is 69.8. The number of rotatable bonds is 6. The Morgan fingerprint density at radius 3 is 1.60 bits per heavy atom. The van der Waals surface area contributed by atoms with E-state index in [1.54, 1.807) is 0 Å². The van der Waals surface area contributed by atoms with Crippen LogP contribution in [-0.4, -0.2) is 4.57 Å². The average molecular weight is 613 g/mol. The summed E-state index contributed by atoms with van der Waals surface area (Å²) in [5, 5.41) is 4.99. The van der Waals surface area contributed by atoms with Crippen LogP contribution < -0.4 is 4.90 Å². The van der Waals surface area contributed by atoms with Gasteiger partial charge < -0.3 is 9.47 Å². The molecule has 0 unspecified atom stereocenters. The van der Waals surface area contributed by atoms with Crippen LogP contribution in [0, 0.1) is 0 Å². The van der Waals surface area contributed by atoms with Gasteiger partial charge >= 0.3 is 0 Å². The molecular weight excluding hydrogens is 581 g/mol. The molecule has 1 aromatic heterocycles. The van der Waals surface area contributed by atoms with E-state index in [9.17, 15) is 0 Å². The van der Waals surface area contributed by atoms with Gasteiger partial charge in [0.05, 0.1) is 16.7 Å². The first-order chi connectivity index (χ1) is 23.8. The second kappa shape index (κ2) is 11.8. The molecule has 0 saturated carbocycles. The fraction of sp³-hybridized carbons (Fsp3) is 0. The number of anilines is 3. The SMILES string of the molecule is c1ccc(N(c2ccc(-c3ccc(-c4ccc5c(c4)c4ccccc4n5-c4ccccc4)cc3)cc2)c2cccc3ccccc23)cc1. The summed E-state index contributed by atoms with van der Waals surface area (Å²) in [5.74, 6) is 0. The van der Waals surface area contributed by atoms with Gasteiger partial charge in [-0.15, -0.1) is 0 Å². The monoisotopic (exact) mass is 612 g/mol. The largest absolute Gasteiger partial charge is 0.310 e. The first-order valence-electron chi connectivity index (χ1n) is 16.4. The van der Waals surface area contributed by atoms with E-state index in [0.29, 0.717) is 0 Å². The third-order valence-corrected chi connectivity index (χ3v) is 9.39. The second-order valence-electron chi connectivity index (χ2n) is 12.2. The van der Waals surface area contributed by atoms with Crippen LogP contribution in [0.5, 0.6) is 0 Å². The highest BCUT2D eigenvalue weighted by molar-refractivity contribution is 6.10. The predicted octanol–water partition coefficient (Wildman–Crippen LogP) is 12.7. The molecule has 9 rings (SSSR count). The van der Waals surface area contributed by atoms with Crippen molar-refractivity contribution >= 4 is 49.6 Å². The van der Waals surface area contributed by atoms with Crippen LogP contribution >= 0.6 is 0 Å². The Hall–Kier alpha value is -6.38. The number of para-hydroxylation sites is 3. The molecule has 0 aliphatic rings. The van der Waals surface area contributed by atoms with Crippen LogP contribution in [0.15, 0.2) is 194 Å². The Kier molecular flexibility index (Phi) is 6.84. The van der Waals surface area contributed by atoms with Gasteiger partial charge in [-0.2, -0.15) is 0 Å². The maximum atomic E-state index is 2.36. The molecule has 2 heteroatoms. The molecule has 0 amide bonds.